The summed E-state index contributed by atoms with van der Waals surface area (Å²) in [6.07, 6.45) is 1.99. The molecule has 0 aliphatic carbocycles. The van der Waals surface area contributed by atoms with Crippen LogP contribution in [0.2, 0.25) is 0 Å². The van der Waals surface area contributed by atoms with Crippen LogP contribution in [-0.4, -0.2) is 12.8 Å². The Kier molecular flexibility index (Phi) is 5.22. The Hall–Kier alpha value is -2.55. The fourth-order valence-corrected chi connectivity index (χ4v) is 3.14. The molecule has 3 aromatic rings. The molecule has 3 nitrogen and oxygen atoms in total. The topological polar surface area (TPSA) is 35.5 Å². The van der Waals surface area contributed by atoms with E-state index >= 15 is 0 Å². The van der Waals surface area contributed by atoms with Crippen LogP contribution in [0.15, 0.2) is 42.5 Å². The minimum atomic E-state index is -0.639. The number of benzene rings is 3. The van der Waals surface area contributed by atoms with Crippen LogP contribution < -0.4 is 4.74 Å². The molecule has 3 rings (SSSR count). The molecule has 0 fully saturated rings. The summed E-state index contributed by atoms with van der Waals surface area (Å²) in [5.41, 5.74) is 2.45. The quantitative estimate of drug-likeness (QED) is 0.323. The van der Waals surface area contributed by atoms with E-state index in [2.05, 4.69) is 44.2 Å². The van der Waals surface area contributed by atoms with E-state index < -0.39 is 6.16 Å². The maximum atomic E-state index is 12.1. The number of carbonyl (C=O) groups is 1. The van der Waals surface area contributed by atoms with Crippen LogP contribution in [0.25, 0.3) is 21.5 Å². The Morgan fingerprint density at radius 3 is 2.48 bits per heavy atom. The lowest BCUT2D eigenvalue weighted by Gasteiger charge is -2.14. The molecule has 0 N–H and O–H groups in total. The van der Waals surface area contributed by atoms with Crippen molar-refractivity contribution in [2.24, 2.45) is 0 Å². The Morgan fingerprint density at radius 1 is 0.920 bits per heavy atom. The predicted molar refractivity (Wildman–Crippen MR) is 102 cm³/mol. The van der Waals surface area contributed by atoms with Crippen molar-refractivity contribution < 1.29 is 14.3 Å². The van der Waals surface area contributed by atoms with Gasteiger partial charge in [-0.25, -0.2) is 4.79 Å². The lowest BCUT2D eigenvalue weighted by atomic mass is 9.96. The number of ether oxygens (including phenoxy) is 2. The zero-order valence-electron chi connectivity index (χ0n) is 15.1. The Balaban J connectivity index is 2.24. The van der Waals surface area contributed by atoms with Gasteiger partial charge in [-0.15, -0.1) is 0 Å². The second-order valence-electron chi connectivity index (χ2n) is 6.18. The van der Waals surface area contributed by atoms with E-state index in [1.54, 1.807) is 0 Å². The van der Waals surface area contributed by atoms with Crippen LogP contribution in [-0.2, 0) is 17.6 Å². The predicted octanol–water partition coefficient (Wildman–Crippen LogP) is 6.04. The highest BCUT2D eigenvalue weighted by molar-refractivity contribution is 6.07. The van der Waals surface area contributed by atoms with Gasteiger partial charge >= 0.3 is 6.16 Å². The van der Waals surface area contributed by atoms with Crippen molar-refractivity contribution in [2.45, 2.75) is 40.0 Å². The number of fused-ring (bicyclic) bond motifs is 2. The summed E-state index contributed by atoms with van der Waals surface area (Å²) >= 11 is 0. The van der Waals surface area contributed by atoms with Gasteiger partial charge in [-0.05, 0) is 53.3 Å². The monoisotopic (exact) mass is 336 g/mol. The van der Waals surface area contributed by atoms with E-state index in [0.717, 1.165) is 40.8 Å². The third-order valence-electron chi connectivity index (χ3n) is 4.50. The lowest BCUT2D eigenvalue weighted by Crippen LogP contribution is -2.11. The molecule has 3 heteroatoms. The van der Waals surface area contributed by atoms with E-state index in [4.69, 9.17) is 9.47 Å². The van der Waals surface area contributed by atoms with Crippen LogP contribution in [0.4, 0.5) is 4.79 Å². The number of aryl methyl sites for hydroxylation is 2. The number of rotatable bonds is 5. The summed E-state index contributed by atoms with van der Waals surface area (Å²) in [7, 11) is 0. The second kappa shape index (κ2) is 7.56. The van der Waals surface area contributed by atoms with Crippen molar-refractivity contribution in [2.75, 3.05) is 6.61 Å². The summed E-state index contributed by atoms with van der Waals surface area (Å²) in [4.78, 5) is 12.1. The standard InChI is InChI=1S/C22H24O3/c1-4-12-24-22(23)25-21-18-9-7-8-16(6-3)19(18)14-17-11-10-15(5-2)13-20(17)21/h7-11,13-14H,4-6,12H2,1-3H3. The molecule has 0 heterocycles. The normalized spacial score (nSPS) is 11.0. The molecule has 0 unspecified atom stereocenters. The van der Waals surface area contributed by atoms with Gasteiger partial charge in [0, 0.05) is 10.8 Å². The molecule has 130 valence electrons. The van der Waals surface area contributed by atoms with Crippen molar-refractivity contribution in [1.82, 2.24) is 0 Å². The van der Waals surface area contributed by atoms with Gasteiger partial charge in [0.25, 0.3) is 0 Å². The fraction of sp³-hybridized carbons (Fsp3) is 0.318. The molecular weight excluding hydrogens is 312 g/mol. The molecule has 0 saturated heterocycles. The third-order valence-corrected chi connectivity index (χ3v) is 4.50. The number of carbonyl (C=O) groups excluding carboxylic acids is 1. The van der Waals surface area contributed by atoms with Gasteiger partial charge in [0.05, 0.1) is 6.61 Å². The SMILES string of the molecule is CCCOC(=O)Oc1c2cc(CC)ccc2cc2c(CC)cccc12. The van der Waals surface area contributed by atoms with E-state index in [0.29, 0.717) is 12.4 Å². The molecule has 0 bridgehead atoms. The van der Waals surface area contributed by atoms with Crippen molar-refractivity contribution >= 4 is 27.7 Å². The Morgan fingerprint density at radius 2 is 1.76 bits per heavy atom. The molecule has 0 aliphatic rings. The lowest BCUT2D eigenvalue weighted by molar-refractivity contribution is 0.100. The fourth-order valence-electron chi connectivity index (χ4n) is 3.14. The molecule has 0 atom stereocenters. The van der Waals surface area contributed by atoms with Crippen LogP contribution in [0.3, 0.4) is 0 Å². The second-order valence-corrected chi connectivity index (χ2v) is 6.18. The van der Waals surface area contributed by atoms with Gasteiger partial charge in [-0.2, -0.15) is 0 Å². The average molecular weight is 336 g/mol. The van der Waals surface area contributed by atoms with Crippen LogP contribution in [0, 0.1) is 0 Å². The van der Waals surface area contributed by atoms with Crippen molar-refractivity contribution in [3.05, 3.63) is 53.6 Å². The average Bonchev–Trinajstić information content (AvgIpc) is 2.65. The minimum Gasteiger partial charge on any atom is -0.434 e. The Bertz CT molecular complexity index is 908. The zero-order chi connectivity index (χ0) is 17.8. The molecule has 0 aliphatic heterocycles. The van der Waals surface area contributed by atoms with Crippen molar-refractivity contribution in [3.63, 3.8) is 0 Å². The molecule has 0 saturated carbocycles. The van der Waals surface area contributed by atoms with E-state index in [9.17, 15) is 4.79 Å². The van der Waals surface area contributed by atoms with Gasteiger partial charge in [0.15, 0.2) is 0 Å². The van der Waals surface area contributed by atoms with E-state index in [1.807, 2.05) is 19.1 Å². The molecule has 3 aromatic carbocycles. The maximum absolute atomic E-state index is 12.1. The number of hydrogen-bond acceptors (Lipinski definition) is 3. The summed E-state index contributed by atoms with van der Waals surface area (Å²) in [5, 5.41) is 4.10. The zero-order valence-corrected chi connectivity index (χ0v) is 15.1. The van der Waals surface area contributed by atoms with E-state index in [-0.39, 0.29) is 0 Å². The first-order valence-corrected chi connectivity index (χ1v) is 8.99. The molecule has 0 amide bonds. The van der Waals surface area contributed by atoms with E-state index in [1.165, 1.54) is 11.1 Å². The summed E-state index contributed by atoms with van der Waals surface area (Å²) in [5.74, 6) is 0.596. The summed E-state index contributed by atoms with van der Waals surface area (Å²) < 4.78 is 10.8. The molecule has 0 radical (unpaired) electrons. The number of hydrogen-bond donors (Lipinski definition) is 0. The molecule has 0 aromatic heterocycles. The first-order valence-electron chi connectivity index (χ1n) is 8.99. The highest BCUT2D eigenvalue weighted by Crippen LogP contribution is 2.37. The first kappa shape index (κ1) is 17.3. The largest absolute Gasteiger partial charge is 0.513 e. The Labute approximate surface area is 148 Å². The molecular formula is C22H24O3. The van der Waals surface area contributed by atoms with Crippen LogP contribution in [0.1, 0.15) is 38.3 Å². The van der Waals surface area contributed by atoms with Gasteiger partial charge in [0.1, 0.15) is 5.75 Å². The molecule has 0 spiro atoms. The first-order chi connectivity index (χ1) is 12.2. The smallest absolute Gasteiger partial charge is 0.434 e. The van der Waals surface area contributed by atoms with Gasteiger partial charge in [-0.3, -0.25) is 0 Å². The van der Waals surface area contributed by atoms with Crippen LogP contribution in [0.5, 0.6) is 5.75 Å². The highest BCUT2D eigenvalue weighted by Gasteiger charge is 2.15. The summed E-state index contributed by atoms with van der Waals surface area (Å²) in [6, 6.07) is 14.7. The van der Waals surface area contributed by atoms with Crippen molar-refractivity contribution in [3.8, 4) is 5.75 Å². The highest BCUT2D eigenvalue weighted by atomic mass is 16.7. The van der Waals surface area contributed by atoms with Gasteiger partial charge < -0.3 is 9.47 Å². The van der Waals surface area contributed by atoms with Gasteiger partial charge in [-0.1, -0.05) is 51.1 Å². The van der Waals surface area contributed by atoms with Crippen molar-refractivity contribution in [1.29, 1.82) is 0 Å². The maximum Gasteiger partial charge on any atom is 0.513 e. The van der Waals surface area contributed by atoms with Crippen LogP contribution >= 0.6 is 0 Å². The molecule has 25 heavy (non-hydrogen) atoms. The van der Waals surface area contributed by atoms with Gasteiger partial charge in [0.2, 0.25) is 0 Å². The summed E-state index contributed by atoms with van der Waals surface area (Å²) in [6.45, 7) is 6.58. The minimum absolute atomic E-state index is 0.363. The third kappa shape index (κ3) is 3.46.